The Labute approximate surface area is 111 Å². The van der Waals surface area contributed by atoms with Gasteiger partial charge in [0, 0.05) is 30.9 Å². The number of aryl methyl sites for hydroxylation is 1. The average Bonchev–Trinajstić information content (AvgIpc) is 2.38. The molecule has 2 atom stereocenters. The van der Waals surface area contributed by atoms with E-state index in [2.05, 4.69) is 47.9 Å². The van der Waals surface area contributed by atoms with Crippen LogP contribution in [0.15, 0.2) is 24.3 Å². The maximum absolute atomic E-state index is 2.71. The minimum atomic E-state index is 0.640. The minimum Gasteiger partial charge on any atom is -0.366 e. The maximum atomic E-state index is 2.71. The summed E-state index contributed by atoms with van der Waals surface area (Å²) in [6.45, 7) is 8.32. The van der Waals surface area contributed by atoms with Crippen LogP contribution in [-0.2, 0) is 0 Å². The van der Waals surface area contributed by atoms with Gasteiger partial charge in [-0.15, -0.1) is 0 Å². The van der Waals surface area contributed by atoms with E-state index in [1.165, 1.54) is 50.1 Å². The summed E-state index contributed by atoms with van der Waals surface area (Å²) in [6.07, 6.45) is 4.19. The first-order valence-electron chi connectivity index (χ1n) is 7.31. The molecule has 1 aromatic rings. The average molecular weight is 244 g/mol. The molecule has 3 rings (SSSR count). The summed E-state index contributed by atoms with van der Waals surface area (Å²) in [5.74, 6) is 0. The first-order valence-corrected chi connectivity index (χ1v) is 7.31. The van der Waals surface area contributed by atoms with Crippen LogP contribution in [0.1, 0.15) is 31.7 Å². The molecule has 2 saturated heterocycles. The second-order valence-corrected chi connectivity index (χ2v) is 5.98. The first kappa shape index (κ1) is 12.0. The SMILES string of the molecule is Cc1cccc(N2CC3CCCCN3CC2C)c1. The number of nitrogens with zero attached hydrogens (tertiary/aromatic N) is 2. The molecule has 2 aliphatic heterocycles. The van der Waals surface area contributed by atoms with Crippen molar-refractivity contribution in [2.24, 2.45) is 0 Å². The molecule has 18 heavy (non-hydrogen) atoms. The van der Waals surface area contributed by atoms with Crippen LogP contribution in [0, 0.1) is 6.92 Å². The van der Waals surface area contributed by atoms with Crippen LogP contribution >= 0.6 is 0 Å². The molecule has 0 spiro atoms. The fraction of sp³-hybridized carbons (Fsp3) is 0.625. The quantitative estimate of drug-likeness (QED) is 0.749. The van der Waals surface area contributed by atoms with Gasteiger partial charge < -0.3 is 4.90 Å². The molecule has 2 fully saturated rings. The van der Waals surface area contributed by atoms with Crippen molar-refractivity contribution in [2.45, 2.75) is 45.2 Å². The van der Waals surface area contributed by atoms with Crippen LogP contribution in [0.4, 0.5) is 5.69 Å². The number of rotatable bonds is 1. The monoisotopic (exact) mass is 244 g/mol. The van der Waals surface area contributed by atoms with E-state index >= 15 is 0 Å². The number of piperazine rings is 1. The molecule has 2 heteroatoms. The zero-order chi connectivity index (χ0) is 12.5. The smallest absolute Gasteiger partial charge is 0.0389 e. The maximum Gasteiger partial charge on any atom is 0.0389 e. The van der Waals surface area contributed by atoms with Crippen molar-refractivity contribution in [3.63, 3.8) is 0 Å². The molecule has 98 valence electrons. The summed E-state index contributed by atoms with van der Waals surface area (Å²) in [7, 11) is 0. The van der Waals surface area contributed by atoms with Gasteiger partial charge in [0.1, 0.15) is 0 Å². The van der Waals surface area contributed by atoms with Gasteiger partial charge in [-0.3, -0.25) is 4.90 Å². The molecule has 2 unspecified atom stereocenters. The minimum absolute atomic E-state index is 0.640. The zero-order valence-electron chi connectivity index (χ0n) is 11.6. The molecule has 0 N–H and O–H groups in total. The van der Waals surface area contributed by atoms with Gasteiger partial charge in [-0.2, -0.15) is 0 Å². The lowest BCUT2D eigenvalue weighted by Crippen LogP contribution is -2.58. The molecular formula is C16H24N2. The lowest BCUT2D eigenvalue weighted by molar-refractivity contribution is 0.115. The van der Waals surface area contributed by atoms with E-state index in [0.29, 0.717) is 6.04 Å². The van der Waals surface area contributed by atoms with E-state index in [1.807, 2.05) is 0 Å². The third kappa shape index (κ3) is 2.26. The Morgan fingerprint density at radius 3 is 2.89 bits per heavy atom. The van der Waals surface area contributed by atoms with Gasteiger partial charge in [-0.05, 0) is 50.9 Å². The van der Waals surface area contributed by atoms with Gasteiger partial charge in [0.05, 0.1) is 0 Å². The van der Waals surface area contributed by atoms with E-state index in [1.54, 1.807) is 0 Å². The third-order valence-corrected chi connectivity index (χ3v) is 4.52. The Hall–Kier alpha value is -1.02. The highest BCUT2D eigenvalue weighted by molar-refractivity contribution is 5.50. The Kier molecular flexibility index (Phi) is 3.29. The second kappa shape index (κ2) is 4.93. The topological polar surface area (TPSA) is 6.48 Å². The lowest BCUT2D eigenvalue weighted by atomic mass is 9.96. The van der Waals surface area contributed by atoms with Crippen LogP contribution in [0.25, 0.3) is 0 Å². The largest absolute Gasteiger partial charge is 0.366 e. The van der Waals surface area contributed by atoms with Crippen LogP contribution in [0.2, 0.25) is 0 Å². The molecule has 0 saturated carbocycles. The van der Waals surface area contributed by atoms with Gasteiger partial charge in [0.25, 0.3) is 0 Å². The number of fused-ring (bicyclic) bond motifs is 1. The fourth-order valence-corrected chi connectivity index (χ4v) is 3.52. The van der Waals surface area contributed by atoms with E-state index < -0.39 is 0 Å². The second-order valence-electron chi connectivity index (χ2n) is 5.98. The van der Waals surface area contributed by atoms with E-state index in [0.717, 1.165) is 6.04 Å². The summed E-state index contributed by atoms with van der Waals surface area (Å²) < 4.78 is 0. The third-order valence-electron chi connectivity index (χ3n) is 4.52. The van der Waals surface area contributed by atoms with Crippen molar-refractivity contribution in [2.75, 3.05) is 24.5 Å². The molecular weight excluding hydrogens is 220 g/mol. The van der Waals surface area contributed by atoms with E-state index in [9.17, 15) is 0 Å². The highest BCUT2D eigenvalue weighted by atomic mass is 15.3. The van der Waals surface area contributed by atoms with Crippen LogP contribution < -0.4 is 4.90 Å². The summed E-state index contributed by atoms with van der Waals surface area (Å²) in [4.78, 5) is 5.32. The summed E-state index contributed by atoms with van der Waals surface area (Å²) in [5, 5.41) is 0. The highest BCUT2D eigenvalue weighted by Gasteiger charge is 2.32. The lowest BCUT2D eigenvalue weighted by Gasteiger charge is -2.48. The van der Waals surface area contributed by atoms with Crippen molar-refractivity contribution in [3.8, 4) is 0 Å². The molecule has 1 aromatic carbocycles. The summed E-state index contributed by atoms with van der Waals surface area (Å²) >= 11 is 0. The molecule has 2 nitrogen and oxygen atoms in total. The molecule has 0 radical (unpaired) electrons. The number of benzene rings is 1. The Morgan fingerprint density at radius 1 is 1.17 bits per heavy atom. The summed E-state index contributed by atoms with van der Waals surface area (Å²) in [6, 6.07) is 10.4. The molecule has 2 aliphatic rings. The fourth-order valence-electron chi connectivity index (χ4n) is 3.52. The molecule has 0 bridgehead atoms. The molecule has 2 heterocycles. The molecule has 0 amide bonds. The van der Waals surface area contributed by atoms with Crippen LogP contribution in [-0.4, -0.2) is 36.6 Å². The Morgan fingerprint density at radius 2 is 2.06 bits per heavy atom. The first-order chi connectivity index (χ1) is 8.74. The van der Waals surface area contributed by atoms with E-state index in [-0.39, 0.29) is 0 Å². The Bertz CT molecular complexity index is 415. The number of hydrogen-bond donors (Lipinski definition) is 0. The number of anilines is 1. The highest BCUT2D eigenvalue weighted by Crippen LogP contribution is 2.28. The van der Waals surface area contributed by atoms with Gasteiger partial charge in [0.2, 0.25) is 0 Å². The van der Waals surface area contributed by atoms with Gasteiger partial charge in [-0.1, -0.05) is 18.6 Å². The normalized spacial score (nSPS) is 29.1. The van der Waals surface area contributed by atoms with Crippen LogP contribution in [0.5, 0.6) is 0 Å². The molecule has 0 aromatic heterocycles. The van der Waals surface area contributed by atoms with Crippen molar-refractivity contribution in [1.29, 1.82) is 0 Å². The van der Waals surface area contributed by atoms with Crippen molar-refractivity contribution in [1.82, 2.24) is 4.90 Å². The van der Waals surface area contributed by atoms with Crippen molar-refractivity contribution in [3.05, 3.63) is 29.8 Å². The standard InChI is InChI=1S/C16H24N2/c1-13-6-5-8-15(10-13)18-12-16-7-3-4-9-17(16)11-14(18)2/h5-6,8,10,14,16H,3-4,7,9,11-12H2,1-2H3. The predicted molar refractivity (Wildman–Crippen MR) is 77.2 cm³/mol. The van der Waals surface area contributed by atoms with Gasteiger partial charge >= 0.3 is 0 Å². The zero-order valence-corrected chi connectivity index (χ0v) is 11.6. The van der Waals surface area contributed by atoms with Crippen molar-refractivity contribution < 1.29 is 0 Å². The number of hydrogen-bond acceptors (Lipinski definition) is 2. The Balaban J connectivity index is 1.80. The summed E-state index contributed by atoms with van der Waals surface area (Å²) in [5.41, 5.74) is 2.78. The van der Waals surface area contributed by atoms with Crippen molar-refractivity contribution >= 4 is 5.69 Å². The molecule has 0 aliphatic carbocycles. The van der Waals surface area contributed by atoms with E-state index in [4.69, 9.17) is 0 Å². The predicted octanol–water partition coefficient (Wildman–Crippen LogP) is 3.06. The van der Waals surface area contributed by atoms with Crippen LogP contribution in [0.3, 0.4) is 0 Å². The number of piperidine rings is 1. The van der Waals surface area contributed by atoms with Gasteiger partial charge in [-0.25, -0.2) is 0 Å². The van der Waals surface area contributed by atoms with Gasteiger partial charge in [0.15, 0.2) is 0 Å².